The zero-order valence-corrected chi connectivity index (χ0v) is 13.3. The molecule has 0 bridgehead atoms. The van der Waals surface area contributed by atoms with E-state index in [1.165, 1.54) is 31.2 Å². The SMILES string of the molecule is Cc1ccn2c(NC3CCCC3)c(-c3ccc(O)cc3)nc2c1. The molecule has 1 saturated carbocycles. The fourth-order valence-electron chi connectivity index (χ4n) is 3.37. The largest absolute Gasteiger partial charge is 0.508 e. The predicted octanol–water partition coefficient (Wildman–Crippen LogP) is 4.37. The third-order valence-corrected chi connectivity index (χ3v) is 4.62. The van der Waals surface area contributed by atoms with Crippen molar-refractivity contribution in [2.24, 2.45) is 0 Å². The molecule has 1 fully saturated rings. The molecule has 1 aliphatic carbocycles. The van der Waals surface area contributed by atoms with Crippen molar-refractivity contribution in [2.75, 3.05) is 5.32 Å². The predicted molar refractivity (Wildman–Crippen MR) is 92.9 cm³/mol. The van der Waals surface area contributed by atoms with Crippen molar-refractivity contribution in [1.82, 2.24) is 9.38 Å². The Labute approximate surface area is 135 Å². The summed E-state index contributed by atoms with van der Waals surface area (Å²) in [4.78, 5) is 4.83. The van der Waals surface area contributed by atoms with Crippen LogP contribution in [-0.2, 0) is 0 Å². The fourth-order valence-corrected chi connectivity index (χ4v) is 3.37. The molecule has 0 amide bonds. The zero-order chi connectivity index (χ0) is 15.8. The van der Waals surface area contributed by atoms with Crippen molar-refractivity contribution in [2.45, 2.75) is 38.6 Å². The maximum atomic E-state index is 9.54. The number of hydrogen-bond donors (Lipinski definition) is 2. The van der Waals surface area contributed by atoms with Gasteiger partial charge in [-0.15, -0.1) is 0 Å². The number of imidazole rings is 1. The van der Waals surface area contributed by atoms with Gasteiger partial charge in [0, 0.05) is 17.8 Å². The van der Waals surface area contributed by atoms with Crippen LogP contribution in [-0.4, -0.2) is 20.5 Å². The van der Waals surface area contributed by atoms with Crippen molar-refractivity contribution in [3.8, 4) is 17.0 Å². The number of rotatable bonds is 3. The van der Waals surface area contributed by atoms with Crippen molar-refractivity contribution in [1.29, 1.82) is 0 Å². The van der Waals surface area contributed by atoms with Crippen LogP contribution in [0.2, 0.25) is 0 Å². The summed E-state index contributed by atoms with van der Waals surface area (Å²) in [5.74, 6) is 1.33. The van der Waals surface area contributed by atoms with Crippen LogP contribution in [0.5, 0.6) is 5.75 Å². The third-order valence-electron chi connectivity index (χ3n) is 4.62. The molecule has 0 aliphatic heterocycles. The van der Waals surface area contributed by atoms with Gasteiger partial charge in [-0.25, -0.2) is 4.98 Å². The molecule has 2 N–H and O–H groups in total. The highest BCUT2D eigenvalue weighted by molar-refractivity contribution is 5.77. The lowest BCUT2D eigenvalue weighted by Gasteiger charge is -2.15. The number of aryl methyl sites for hydroxylation is 1. The minimum atomic E-state index is 0.277. The van der Waals surface area contributed by atoms with Crippen molar-refractivity contribution < 1.29 is 5.11 Å². The van der Waals surface area contributed by atoms with Crippen LogP contribution in [0.25, 0.3) is 16.9 Å². The summed E-state index contributed by atoms with van der Waals surface area (Å²) in [5, 5.41) is 13.2. The van der Waals surface area contributed by atoms with Gasteiger partial charge in [-0.05, 0) is 61.7 Å². The first-order chi connectivity index (χ1) is 11.2. The lowest BCUT2D eigenvalue weighted by Crippen LogP contribution is -2.16. The lowest BCUT2D eigenvalue weighted by molar-refractivity contribution is 0.475. The second kappa shape index (κ2) is 5.61. The highest BCUT2D eigenvalue weighted by Gasteiger charge is 2.20. The summed E-state index contributed by atoms with van der Waals surface area (Å²) in [6.45, 7) is 2.08. The monoisotopic (exact) mass is 307 g/mol. The van der Waals surface area contributed by atoms with E-state index in [2.05, 4.69) is 35.0 Å². The van der Waals surface area contributed by atoms with E-state index in [1.54, 1.807) is 12.1 Å². The first-order valence-electron chi connectivity index (χ1n) is 8.25. The lowest BCUT2D eigenvalue weighted by atomic mass is 10.1. The molecule has 1 aliphatic rings. The Bertz CT molecular complexity index is 830. The summed E-state index contributed by atoms with van der Waals surface area (Å²) < 4.78 is 2.13. The fraction of sp³-hybridized carbons (Fsp3) is 0.316. The average Bonchev–Trinajstić information content (AvgIpc) is 3.17. The second-order valence-corrected chi connectivity index (χ2v) is 6.41. The standard InChI is InChI=1S/C19H21N3O/c1-13-10-11-22-17(12-13)21-18(14-6-8-16(23)9-7-14)19(22)20-15-4-2-3-5-15/h6-12,15,20,23H,2-5H2,1H3. The number of aromatic hydroxyl groups is 1. The molecule has 4 nitrogen and oxygen atoms in total. The van der Waals surface area contributed by atoms with Crippen LogP contribution >= 0.6 is 0 Å². The molecule has 0 radical (unpaired) electrons. The normalized spacial score (nSPS) is 15.3. The highest BCUT2D eigenvalue weighted by Crippen LogP contribution is 2.32. The van der Waals surface area contributed by atoms with E-state index in [1.807, 2.05) is 12.1 Å². The Hall–Kier alpha value is -2.49. The van der Waals surface area contributed by atoms with Crippen molar-refractivity contribution in [3.63, 3.8) is 0 Å². The van der Waals surface area contributed by atoms with E-state index >= 15 is 0 Å². The van der Waals surface area contributed by atoms with Gasteiger partial charge in [0.15, 0.2) is 0 Å². The molecule has 23 heavy (non-hydrogen) atoms. The summed E-state index contributed by atoms with van der Waals surface area (Å²) in [5.41, 5.74) is 4.12. The van der Waals surface area contributed by atoms with Gasteiger partial charge >= 0.3 is 0 Å². The average molecular weight is 307 g/mol. The number of phenols is 1. The number of aromatic nitrogens is 2. The minimum Gasteiger partial charge on any atom is -0.508 e. The third kappa shape index (κ3) is 2.65. The Balaban J connectivity index is 1.85. The first-order valence-corrected chi connectivity index (χ1v) is 8.25. The topological polar surface area (TPSA) is 49.6 Å². The van der Waals surface area contributed by atoms with Crippen LogP contribution < -0.4 is 5.32 Å². The maximum absolute atomic E-state index is 9.54. The molecule has 4 rings (SSSR count). The van der Waals surface area contributed by atoms with E-state index in [0.717, 1.165) is 22.7 Å². The molecule has 0 atom stereocenters. The Morgan fingerprint density at radius 3 is 2.61 bits per heavy atom. The second-order valence-electron chi connectivity index (χ2n) is 6.41. The van der Waals surface area contributed by atoms with Gasteiger partial charge < -0.3 is 10.4 Å². The zero-order valence-electron chi connectivity index (χ0n) is 13.3. The summed E-state index contributed by atoms with van der Waals surface area (Å²) >= 11 is 0. The van der Waals surface area contributed by atoms with Crippen LogP contribution in [0.3, 0.4) is 0 Å². The highest BCUT2D eigenvalue weighted by atomic mass is 16.3. The molecule has 118 valence electrons. The summed E-state index contributed by atoms with van der Waals surface area (Å²) in [7, 11) is 0. The van der Waals surface area contributed by atoms with E-state index in [-0.39, 0.29) is 5.75 Å². The summed E-state index contributed by atoms with van der Waals surface area (Å²) in [6.07, 6.45) is 7.10. The molecule has 3 aromatic rings. The molecule has 0 saturated heterocycles. The molecule has 4 heteroatoms. The van der Waals surface area contributed by atoms with Crippen LogP contribution in [0, 0.1) is 6.92 Å². The molecule has 2 aromatic heterocycles. The number of nitrogens with one attached hydrogen (secondary N) is 1. The molecular formula is C19H21N3O. The van der Waals surface area contributed by atoms with Gasteiger partial charge in [-0.1, -0.05) is 12.8 Å². The number of hydrogen-bond acceptors (Lipinski definition) is 3. The van der Waals surface area contributed by atoms with Crippen molar-refractivity contribution >= 4 is 11.5 Å². The minimum absolute atomic E-state index is 0.277. The van der Waals surface area contributed by atoms with E-state index in [0.29, 0.717) is 6.04 Å². The Morgan fingerprint density at radius 2 is 1.87 bits per heavy atom. The molecule has 0 spiro atoms. The van der Waals surface area contributed by atoms with Crippen molar-refractivity contribution in [3.05, 3.63) is 48.2 Å². The van der Waals surface area contributed by atoms with Crippen LogP contribution in [0.4, 0.5) is 5.82 Å². The summed E-state index contributed by atoms with van der Waals surface area (Å²) in [6, 6.07) is 12.0. The molecular weight excluding hydrogens is 286 g/mol. The van der Waals surface area contributed by atoms with E-state index in [4.69, 9.17) is 4.98 Å². The van der Waals surface area contributed by atoms with Gasteiger partial charge in [-0.3, -0.25) is 4.40 Å². The van der Waals surface area contributed by atoms with Crippen LogP contribution in [0.1, 0.15) is 31.2 Å². The first kappa shape index (κ1) is 14.1. The van der Waals surface area contributed by atoms with Gasteiger partial charge in [0.05, 0.1) is 0 Å². The number of phenolic OH excluding ortho intramolecular Hbond substituents is 1. The quantitative estimate of drug-likeness (QED) is 0.755. The van der Waals surface area contributed by atoms with Gasteiger partial charge in [0.25, 0.3) is 0 Å². The number of benzene rings is 1. The van der Waals surface area contributed by atoms with E-state index < -0.39 is 0 Å². The number of pyridine rings is 1. The molecule has 0 unspecified atom stereocenters. The molecule has 1 aromatic carbocycles. The van der Waals surface area contributed by atoms with Gasteiger partial charge in [0.1, 0.15) is 22.9 Å². The van der Waals surface area contributed by atoms with Crippen LogP contribution in [0.15, 0.2) is 42.6 Å². The molecule has 2 heterocycles. The maximum Gasteiger partial charge on any atom is 0.139 e. The van der Waals surface area contributed by atoms with Gasteiger partial charge in [0.2, 0.25) is 0 Å². The number of nitrogens with zero attached hydrogens (tertiary/aromatic N) is 2. The van der Waals surface area contributed by atoms with E-state index in [9.17, 15) is 5.11 Å². The number of anilines is 1. The number of fused-ring (bicyclic) bond motifs is 1. The smallest absolute Gasteiger partial charge is 0.139 e. The van der Waals surface area contributed by atoms with Gasteiger partial charge in [-0.2, -0.15) is 0 Å². The Morgan fingerprint density at radius 1 is 1.13 bits per heavy atom. The Kier molecular flexibility index (Phi) is 3.45.